The maximum atomic E-state index is 6.01. The molecule has 0 saturated carbocycles. The van der Waals surface area contributed by atoms with Gasteiger partial charge in [0.2, 0.25) is 0 Å². The van der Waals surface area contributed by atoms with Gasteiger partial charge in [0.25, 0.3) is 0 Å². The summed E-state index contributed by atoms with van der Waals surface area (Å²) in [5.41, 5.74) is 1.38. The fourth-order valence-electron chi connectivity index (χ4n) is 3.36. The van der Waals surface area contributed by atoms with Crippen LogP contribution in [0, 0.1) is 11.8 Å². The molecule has 2 atom stereocenters. The summed E-state index contributed by atoms with van der Waals surface area (Å²) in [5.74, 6) is 2.52. The molecule has 0 aliphatic carbocycles. The van der Waals surface area contributed by atoms with Crippen molar-refractivity contribution in [1.82, 2.24) is 5.32 Å². The number of para-hydroxylation sites is 1. The molecule has 2 heteroatoms. The van der Waals surface area contributed by atoms with Gasteiger partial charge in [0.05, 0.1) is 6.61 Å². The lowest BCUT2D eigenvalue weighted by Gasteiger charge is -2.34. The van der Waals surface area contributed by atoms with Crippen LogP contribution in [-0.2, 0) is 6.42 Å². The van der Waals surface area contributed by atoms with Gasteiger partial charge in [0.1, 0.15) is 5.75 Å². The number of rotatable bonds is 8. The van der Waals surface area contributed by atoms with Gasteiger partial charge < -0.3 is 10.1 Å². The van der Waals surface area contributed by atoms with Gasteiger partial charge in [-0.25, -0.2) is 0 Å². The summed E-state index contributed by atoms with van der Waals surface area (Å²) in [4.78, 5) is 0. The Balaban J connectivity index is 2.03. The van der Waals surface area contributed by atoms with E-state index in [1.54, 1.807) is 0 Å². The molecule has 0 spiro atoms. The van der Waals surface area contributed by atoms with Crippen LogP contribution < -0.4 is 10.1 Å². The number of ether oxygens (including phenoxy) is 1. The standard InChI is InChI=1S/C19H31NO/c1-4-11-20-18(12-15(5-2)6-3)17-13-16-9-7-8-10-19(16)21-14-17/h7-10,15,17-18,20H,4-6,11-14H2,1-3H3. The molecular weight excluding hydrogens is 258 g/mol. The summed E-state index contributed by atoms with van der Waals surface area (Å²) in [6.45, 7) is 8.85. The minimum Gasteiger partial charge on any atom is -0.493 e. The maximum absolute atomic E-state index is 6.01. The van der Waals surface area contributed by atoms with Crippen molar-refractivity contribution in [3.05, 3.63) is 29.8 Å². The molecule has 1 N–H and O–H groups in total. The van der Waals surface area contributed by atoms with E-state index in [1.165, 1.54) is 31.2 Å². The molecule has 0 saturated heterocycles. The molecule has 1 aliphatic heterocycles. The maximum Gasteiger partial charge on any atom is 0.122 e. The molecule has 2 nitrogen and oxygen atoms in total. The minimum absolute atomic E-state index is 0.586. The first-order chi connectivity index (χ1) is 10.3. The number of hydrogen-bond donors (Lipinski definition) is 1. The van der Waals surface area contributed by atoms with E-state index in [9.17, 15) is 0 Å². The van der Waals surface area contributed by atoms with Crippen LogP contribution in [0.15, 0.2) is 24.3 Å². The van der Waals surface area contributed by atoms with E-state index >= 15 is 0 Å². The van der Waals surface area contributed by atoms with Gasteiger partial charge >= 0.3 is 0 Å². The quantitative estimate of drug-likeness (QED) is 0.764. The summed E-state index contributed by atoms with van der Waals surface area (Å²) in [6, 6.07) is 9.09. The van der Waals surface area contributed by atoms with Crippen molar-refractivity contribution in [3.63, 3.8) is 0 Å². The molecule has 1 aliphatic rings. The SMILES string of the molecule is CCCNC(CC(CC)CC)C1COc2ccccc2C1. The Kier molecular flexibility index (Phi) is 6.56. The van der Waals surface area contributed by atoms with Crippen LogP contribution >= 0.6 is 0 Å². The molecule has 0 amide bonds. The van der Waals surface area contributed by atoms with Crippen molar-refractivity contribution < 1.29 is 4.74 Å². The van der Waals surface area contributed by atoms with Crippen molar-refractivity contribution in [3.8, 4) is 5.75 Å². The summed E-state index contributed by atoms with van der Waals surface area (Å²) < 4.78 is 6.01. The van der Waals surface area contributed by atoms with E-state index in [-0.39, 0.29) is 0 Å². The zero-order chi connectivity index (χ0) is 15.1. The van der Waals surface area contributed by atoms with Crippen molar-refractivity contribution in [2.45, 2.75) is 58.9 Å². The largest absolute Gasteiger partial charge is 0.493 e. The Hall–Kier alpha value is -1.02. The molecule has 118 valence electrons. The zero-order valence-corrected chi connectivity index (χ0v) is 13.9. The third kappa shape index (κ3) is 4.47. The van der Waals surface area contributed by atoms with E-state index < -0.39 is 0 Å². The topological polar surface area (TPSA) is 21.3 Å². The summed E-state index contributed by atoms with van der Waals surface area (Å²) in [6.07, 6.45) is 6.19. The second kappa shape index (κ2) is 8.43. The van der Waals surface area contributed by atoms with Crippen molar-refractivity contribution in [2.24, 2.45) is 11.8 Å². The minimum atomic E-state index is 0.586. The van der Waals surface area contributed by atoms with Crippen molar-refractivity contribution in [2.75, 3.05) is 13.2 Å². The fraction of sp³-hybridized carbons (Fsp3) is 0.684. The molecule has 2 unspecified atom stereocenters. The molecule has 2 rings (SSSR count). The molecule has 1 heterocycles. The molecule has 0 fully saturated rings. The van der Waals surface area contributed by atoms with Crippen LogP contribution in [0.25, 0.3) is 0 Å². The Morgan fingerprint density at radius 2 is 1.95 bits per heavy atom. The van der Waals surface area contributed by atoms with Gasteiger partial charge in [0, 0.05) is 12.0 Å². The highest BCUT2D eigenvalue weighted by atomic mass is 16.5. The molecule has 1 aromatic carbocycles. The molecule has 0 aromatic heterocycles. The molecule has 0 radical (unpaired) electrons. The van der Waals surface area contributed by atoms with Crippen LogP contribution in [0.2, 0.25) is 0 Å². The Morgan fingerprint density at radius 1 is 1.19 bits per heavy atom. The highest BCUT2D eigenvalue weighted by molar-refractivity contribution is 5.35. The Labute approximate surface area is 130 Å². The van der Waals surface area contributed by atoms with Crippen molar-refractivity contribution >= 4 is 0 Å². The van der Waals surface area contributed by atoms with Gasteiger partial charge in [0.15, 0.2) is 0 Å². The first kappa shape index (κ1) is 16.4. The molecule has 0 bridgehead atoms. The van der Waals surface area contributed by atoms with E-state index in [0.29, 0.717) is 12.0 Å². The number of nitrogens with one attached hydrogen (secondary N) is 1. The van der Waals surface area contributed by atoms with Gasteiger partial charge in [-0.3, -0.25) is 0 Å². The van der Waals surface area contributed by atoms with E-state index in [0.717, 1.165) is 31.2 Å². The lowest BCUT2D eigenvalue weighted by molar-refractivity contribution is 0.167. The molecular formula is C19H31NO. The number of hydrogen-bond acceptors (Lipinski definition) is 2. The molecule has 1 aromatic rings. The third-order valence-electron chi connectivity index (χ3n) is 4.88. The van der Waals surface area contributed by atoms with Gasteiger partial charge in [-0.1, -0.05) is 51.8 Å². The van der Waals surface area contributed by atoms with Crippen LogP contribution in [-0.4, -0.2) is 19.2 Å². The second-order valence-electron chi connectivity index (χ2n) is 6.36. The van der Waals surface area contributed by atoms with E-state index in [4.69, 9.17) is 4.74 Å². The second-order valence-corrected chi connectivity index (χ2v) is 6.36. The first-order valence-electron chi connectivity index (χ1n) is 8.72. The number of fused-ring (bicyclic) bond motifs is 1. The first-order valence-corrected chi connectivity index (χ1v) is 8.72. The van der Waals surface area contributed by atoms with Gasteiger partial charge in [-0.15, -0.1) is 0 Å². The highest BCUT2D eigenvalue weighted by Crippen LogP contribution is 2.30. The Morgan fingerprint density at radius 3 is 2.67 bits per heavy atom. The van der Waals surface area contributed by atoms with E-state index in [2.05, 4.69) is 50.4 Å². The summed E-state index contributed by atoms with van der Waals surface area (Å²) in [5, 5.41) is 3.79. The van der Waals surface area contributed by atoms with Crippen LogP contribution in [0.4, 0.5) is 0 Å². The number of benzene rings is 1. The van der Waals surface area contributed by atoms with Crippen LogP contribution in [0.5, 0.6) is 5.75 Å². The van der Waals surface area contributed by atoms with Crippen LogP contribution in [0.1, 0.15) is 52.0 Å². The van der Waals surface area contributed by atoms with E-state index in [1.807, 2.05) is 0 Å². The smallest absolute Gasteiger partial charge is 0.122 e. The van der Waals surface area contributed by atoms with Gasteiger partial charge in [-0.05, 0) is 43.4 Å². The predicted molar refractivity (Wildman–Crippen MR) is 89.9 cm³/mol. The predicted octanol–water partition coefficient (Wildman–Crippen LogP) is 4.43. The monoisotopic (exact) mass is 289 g/mol. The lowest BCUT2D eigenvalue weighted by atomic mass is 9.83. The Bertz CT molecular complexity index is 414. The zero-order valence-electron chi connectivity index (χ0n) is 13.9. The van der Waals surface area contributed by atoms with Gasteiger partial charge in [-0.2, -0.15) is 0 Å². The summed E-state index contributed by atoms with van der Waals surface area (Å²) >= 11 is 0. The lowest BCUT2D eigenvalue weighted by Crippen LogP contribution is -2.43. The normalized spacial score (nSPS) is 19.1. The molecule has 21 heavy (non-hydrogen) atoms. The third-order valence-corrected chi connectivity index (χ3v) is 4.88. The van der Waals surface area contributed by atoms with Crippen molar-refractivity contribution in [1.29, 1.82) is 0 Å². The average molecular weight is 289 g/mol. The summed E-state index contributed by atoms with van der Waals surface area (Å²) in [7, 11) is 0. The average Bonchev–Trinajstić information content (AvgIpc) is 2.55. The fourth-order valence-corrected chi connectivity index (χ4v) is 3.36. The van der Waals surface area contributed by atoms with Crippen LogP contribution in [0.3, 0.4) is 0 Å². The highest BCUT2D eigenvalue weighted by Gasteiger charge is 2.28.